The summed E-state index contributed by atoms with van der Waals surface area (Å²) in [6, 6.07) is 7.67. The second-order valence-electron chi connectivity index (χ2n) is 8.68. The van der Waals surface area contributed by atoms with Gasteiger partial charge in [0.1, 0.15) is 22.7 Å². The first-order chi connectivity index (χ1) is 16.5. The van der Waals surface area contributed by atoms with Crippen LogP contribution in [0, 0.1) is 12.7 Å². The Balaban J connectivity index is 1.64. The molecule has 4 heterocycles. The molecule has 2 aromatic heterocycles. The van der Waals surface area contributed by atoms with Gasteiger partial charge in [-0.15, -0.1) is 0 Å². The van der Waals surface area contributed by atoms with Crippen LogP contribution in [-0.4, -0.2) is 47.5 Å². The molecule has 0 radical (unpaired) electrons. The summed E-state index contributed by atoms with van der Waals surface area (Å²) in [5, 5.41) is 11.3. The van der Waals surface area contributed by atoms with E-state index in [0.717, 1.165) is 12.8 Å². The third-order valence-electron chi connectivity index (χ3n) is 6.80. The van der Waals surface area contributed by atoms with E-state index in [1.807, 2.05) is 0 Å². The largest absolute Gasteiger partial charge is 0.508 e. The number of phenolic OH excluding ortho intramolecular Hbond substituents is 1. The first-order valence-electron chi connectivity index (χ1n) is 11.2. The van der Waals surface area contributed by atoms with Crippen LogP contribution in [0.4, 0.5) is 10.2 Å². The topological polar surface area (TPSA) is 97.9 Å². The number of anilines is 1. The summed E-state index contributed by atoms with van der Waals surface area (Å²) in [4.78, 5) is 24.5. The van der Waals surface area contributed by atoms with Gasteiger partial charge in [-0.3, -0.25) is 0 Å². The van der Waals surface area contributed by atoms with Gasteiger partial charge < -0.3 is 23.9 Å². The monoisotopic (exact) mass is 463 g/mol. The van der Waals surface area contributed by atoms with E-state index in [2.05, 4.69) is 14.9 Å². The number of rotatable bonds is 3. The molecular formula is C25H22FN3O5. The number of aromatic nitrogens is 2. The molecule has 1 N–H and O–H groups in total. The molecule has 0 spiro atoms. The second-order valence-corrected chi connectivity index (χ2v) is 8.68. The molecule has 9 heteroatoms. The molecular weight excluding hydrogens is 441 g/mol. The zero-order valence-corrected chi connectivity index (χ0v) is 18.7. The molecule has 2 unspecified atom stereocenters. The van der Waals surface area contributed by atoms with E-state index >= 15 is 0 Å². The Kier molecular flexibility index (Phi) is 4.70. The summed E-state index contributed by atoms with van der Waals surface area (Å²) in [5.41, 5.74) is 0.519. The van der Waals surface area contributed by atoms with E-state index in [4.69, 9.17) is 13.9 Å². The minimum absolute atomic E-state index is 0.0689. The van der Waals surface area contributed by atoms with Gasteiger partial charge in [-0.25, -0.2) is 9.18 Å². The Bertz CT molecular complexity index is 1520. The van der Waals surface area contributed by atoms with Gasteiger partial charge in [0.15, 0.2) is 5.82 Å². The van der Waals surface area contributed by atoms with Crippen molar-refractivity contribution in [1.29, 1.82) is 0 Å². The van der Waals surface area contributed by atoms with Gasteiger partial charge in [0.25, 0.3) is 0 Å². The lowest BCUT2D eigenvalue weighted by atomic mass is 9.98. The Morgan fingerprint density at radius 2 is 2.06 bits per heavy atom. The van der Waals surface area contributed by atoms with Crippen LogP contribution >= 0.6 is 0 Å². The molecule has 6 rings (SSSR count). The number of methoxy groups -OCH3 is 1. The summed E-state index contributed by atoms with van der Waals surface area (Å²) in [6.07, 6.45) is 1.79. The number of benzene rings is 2. The number of phenols is 1. The summed E-state index contributed by atoms with van der Waals surface area (Å²) >= 11 is 0. The van der Waals surface area contributed by atoms with Crippen molar-refractivity contribution in [3.8, 4) is 23.1 Å². The summed E-state index contributed by atoms with van der Waals surface area (Å²) in [5.74, 6) is 0.0365. The fourth-order valence-corrected chi connectivity index (χ4v) is 5.28. The van der Waals surface area contributed by atoms with Gasteiger partial charge in [0, 0.05) is 29.7 Å². The first-order valence-corrected chi connectivity index (χ1v) is 11.2. The minimum atomic E-state index is -0.636. The molecule has 2 aromatic carbocycles. The van der Waals surface area contributed by atoms with Gasteiger partial charge in [0.05, 0.1) is 24.8 Å². The number of halogens is 1. The molecule has 2 aliphatic heterocycles. The van der Waals surface area contributed by atoms with E-state index in [1.165, 1.54) is 25.3 Å². The molecule has 0 amide bonds. The number of fused-ring (bicyclic) bond motifs is 3. The van der Waals surface area contributed by atoms with Crippen molar-refractivity contribution in [1.82, 2.24) is 9.97 Å². The summed E-state index contributed by atoms with van der Waals surface area (Å²) in [7, 11) is 1.47. The lowest BCUT2D eigenvalue weighted by molar-refractivity contribution is 0.113. The molecule has 174 valence electrons. The number of ether oxygens (including phenoxy) is 2. The quantitative estimate of drug-likeness (QED) is 0.488. The zero-order chi connectivity index (χ0) is 23.6. The average Bonchev–Trinajstić information content (AvgIpc) is 3.44. The standard InChI is InChI=1S/C25H22FN3O5/c1-12-21-20(23(28-25(27-21)32-2)29-8-6-18-17(29)7-9-33-18)24(31)34-22(12)15-11-14(30)10-13-4-3-5-16(26)19(13)15/h3-5,10-11,17-18,30H,6-9H2,1-2H3. The maximum atomic E-state index is 14.9. The van der Waals surface area contributed by atoms with Crippen LogP contribution in [0.15, 0.2) is 39.5 Å². The Morgan fingerprint density at radius 1 is 1.21 bits per heavy atom. The van der Waals surface area contributed by atoms with Crippen LogP contribution in [0.3, 0.4) is 0 Å². The second kappa shape index (κ2) is 7.66. The van der Waals surface area contributed by atoms with E-state index in [0.29, 0.717) is 35.4 Å². The Morgan fingerprint density at radius 3 is 2.88 bits per heavy atom. The normalized spacial score (nSPS) is 19.8. The third-order valence-corrected chi connectivity index (χ3v) is 6.80. The van der Waals surface area contributed by atoms with Crippen molar-refractivity contribution < 1.29 is 23.4 Å². The molecule has 2 atom stereocenters. The zero-order valence-electron chi connectivity index (χ0n) is 18.7. The van der Waals surface area contributed by atoms with Crippen molar-refractivity contribution >= 4 is 27.5 Å². The van der Waals surface area contributed by atoms with E-state index in [-0.39, 0.29) is 46.0 Å². The highest BCUT2D eigenvalue weighted by Crippen LogP contribution is 2.40. The maximum Gasteiger partial charge on any atom is 0.349 e. The van der Waals surface area contributed by atoms with Crippen molar-refractivity contribution in [2.45, 2.75) is 31.9 Å². The lowest BCUT2D eigenvalue weighted by Gasteiger charge is -2.25. The van der Waals surface area contributed by atoms with Crippen LogP contribution in [0.1, 0.15) is 18.4 Å². The molecule has 4 aromatic rings. The molecule has 8 nitrogen and oxygen atoms in total. The molecule has 0 bridgehead atoms. The fourth-order valence-electron chi connectivity index (χ4n) is 5.28. The predicted octanol–water partition coefficient (Wildman–Crippen LogP) is 3.93. The lowest BCUT2D eigenvalue weighted by Crippen LogP contribution is -2.33. The van der Waals surface area contributed by atoms with E-state index < -0.39 is 11.4 Å². The van der Waals surface area contributed by atoms with Gasteiger partial charge >= 0.3 is 11.6 Å². The number of aromatic hydroxyl groups is 1. The Labute approximate surface area is 193 Å². The Hall–Kier alpha value is -3.72. The molecule has 0 aliphatic carbocycles. The number of nitrogens with zero attached hydrogens (tertiary/aromatic N) is 3. The first kappa shape index (κ1) is 20.9. The van der Waals surface area contributed by atoms with Crippen LogP contribution in [-0.2, 0) is 4.74 Å². The SMILES string of the molecule is COc1nc(N2CCC3OCCC32)c2c(=O)oc(-c3cc(O)cc4cccc(F)c34)c(C)c2n1. The molecule has 2 saturated heterocycles. The van der Waals surface area contributed by atoms with Crippen LogP contribution in [0.2, 0.25) is 0 Å². The van der Waals surface area contributed by atoms with Crippen LogP contribution in [0.5, 0.6) is 11.8 Å². The molecule has 0 saturated carbocycles. The van der Waals surface area contributed by atoms with E-state index in [9.17, 15) is 14.3 Å². The van der Waals surface area contributed by atoms with E-state index in [1.54, 1.807) is 19.1 Å². The summed E-state index contributed by atoms with van der Waals surface area (Å²) < 4.78 is 31.8. The smallest absolute Gasteiger partial charge is 0.349 e. The van der Waals surface area contributed by atoms with Gasteiger partial charge in [-0.1, -0.05) is 12.1 Å². The highest BCUT2D eigenvalue weighted by atomic mass is 19.1. The van der Waals surface area contributed by atoms with Crippen molar-refractivity contribution in [3.05, 3.63) is 52.1 Å². The average molecular weight is 463 g/mol. The highest BCUT2D eigenvalue weighted by molar-refractivity contribution is 6.00. The molecule has 34 heavy (non-hydrogen) atoms. The number of hydrogen-bond donors (Lipinski definition) is 1. The number of aryl methyl sites for hydroxylation is 1. The maximum absolute atomic E-state index is 14.9. The van der Waals surface area contributed by atoms with Crippen molar-refractivity contribution in [3.63, 3.8) is 0 Å². The minimum Gasteiger partial charge on any atom is -0.508 e. The van der Waals surface area contributed by atoms with Crippen LogP contribution in [0.25, 0.3) is 33.0 Å². The molecule has 2 aliphatic rings. The van der Waals surface area contributed by atoms with Crippen LogP contribution < -0.4 is 15.3 Å². The van der Waals surface area contributed by atoms with Crippen molar-refractivity contribution in [2.75, 3.05) is 25.2 Å². The highest BCUT2D eigenvalue weighted by Gasteiger charge is 2.41. The third kappa shape index (κ3) is 3.03. The predicted molar refractivity (Wildman–Crippen MR) is 124 cm³/mol. The van der Waals surface area contributed by atoms with Gasteiger partial charge in [0.2, 0.25) is 0 Å². The number of hydrogen-bond acceptors (Lipinski definition) is 8. The van der Waals surface area contributed by atoms with Crippen molar-refractivity contribution in [2.24, 2.45) is 0 Å². The fraction of sp³-hybridized carbons (Fsp3) is 0.320. The summed E-state index contributed by atoms with van der Waals surface area (Å²) in [6.45, 7) is 3.10. The molecule has 2 fully saturated rings. The van der Waals surface area contributed by atoms with Gasteiger partial charge in [-0.05, 0) is 43.4 Å². The van der Waals surface area contributed by atoms with Gasteiger partial charge in [-0.2, -0.15) is 9.97 Å².